The highest BCUT2D eigenvalue weighted by atomic mass is 32.2. The Morgan fingerprint density at radius 3 is 2.06 bits per heavy atom. The van der Waals surface area contributed by atoms with Crippen LogP contribution in [0.2, 0.25) is 0 Å². The van der Waals surface area contributed by atoms with Crippen LogP contribution in [-0.2, 0) is 14.3 Å². The topological polar surface area (TPSA) is 43.4 Å². The highest BCUT2D eigenvalue weighted by molar-refractivity contribution is 7.86. The van der Waals surface area contributed by atoms with Gasteiger partial charge in [0.2, 0.25) is 0 Å². The molecule has 3 nitrogen and oxygen atoms in total. The van der Waals surface area contributed by atoms with E-state index in [2.05, 4.69) is 10.6 Å². The first kappa shape index (κ1) is 15.1. The van der Waals surface area contributed by atoms with E-state index < -0.39 is 41.0 Å². The molecule has 0 bridgehead atoms. The standard InChI is InChI=1S/C7H7F5O3S/c1-2-4-15-16(13,14)5-3-6(8,9)7(10,11)12/h1H,3-5H2. The van der Waals surface area contributed by atoms with E-state index in [-0.39, 0.29) is 0 Å². The highest BCUT2D eigenvalue weighted by Crippen LogP contribution is 2.38. The second-order valence-electron chi connectivity index (χ2n) is 2.68. The first-order chi connectivity index (χ1) is 7.02. The van der Waals surface area contributed by atoms with Crippen LogP contribution in [0.5, 0.6) is 0 Å². The molecule has 0 saturated heterocycles. The second kappa shape index (κ2) is 4.97. The molecule has 16 heavy (non-hydrogen) atoms. The lowest BCUT2D eigenvalue weighted by molar-refractivity contribution is -0.282. The van der Waals surface area contributed by atoms with Crippen LogP contribution in [0.4, 0.5) is 22.0 Å². The molecular formula is C7H7F5O3S. The van der Waals surface area contributed by atoms with Crippen molar-refractivity contribution in [3.8, 4) is 12.3 Å². The Morgan fingerprint density at radius 1 is 1.19 bits per heavy atom. The van der Waals surface area contributed by atoms with Gasteiger partial charge in [0.25, 0.3) is 10.1 Å². The Kier molecular flexibility index (Phi) is 4.69. The van der Waals surface area contributed by atoms with Gasteiger partial charge in [-0.25, -0.2) is 0 Å². The fourth-order valence-corrected chi connectivity index (χ4v) is 1.45. The van der Waals surface area contributed by atoms with Crippen LogP contribution in [0.25, 0.3) is 0 Å². The molecule has 0 fully saturated rings. The van der Waals surface area contributed by atoms with Crippen LogP contribution >= 0.6 is 0 Å². The third-order valence-corrected chi connectivity index (χ3v) is 2.58. The molecule has 0 spiro atoms. The lowest BCUT2D eigenvalue weighted by atomic mass is 10.2. The molecule has 0 heterocycles. The fraction of sp³-hybridized carbons (Fsp3) is 0.714. The van der Waals surface area contributed by atoms with Crippen LogP contribution < -0.4 is 0 Å². The summed E-state index contributed by atoms with van der Waals surface area (Å²) in [7, 11) is -4.46. The van der Waals surface area contributed by atoms with Crippen molar-refractivity contribution in [2.75, 3.05) is 12.4 Å². The van der Waals surface area contributed by atoms with Gasteiger partial charge in [-0.1, -0.05) is 5.92 Å². The number of halogens is 5. The molecule has 0 amide bonds. The Bertz CT molecular complexity index is 364. The summed E-state index contributed by atoms with van der Waals surface area (Å²) in [5, 5.41) is 0. The zero-order chi connectivity index (χ0) is 13.0. The summed E-state index contributed by atoms with van der Waals surface area (Å²) in [4.78, 5) is 0. The number of terminal acetylenes is 1. The van der Waals surface area contributed by atoms with E-state index in [1.54, 1.807) is 5.92 Å². The third kappa shape index (κ3) is 4.76. The van der Waals surface area contributed by atoms with Gasteiger partial charge in [-0.2, -0.15) is 30.4 Å². The van der Waals surface area contributed by atoms with Gasteiger partial charge in [0.15, 0.2) is 0 Å². The number of hydrogen-bond donors (Lipinski definition) is 0. The molecule has 0 aliphatic carbocycles. The van der Waals surface area contributed by atoms with Gasteiger partial charge < -0.3 is 0 Å². The van der Waals surface area contributed by atoms with Crippen molar-refractivity contribution in [2.24, 2.45) is 0 Å². The van der Waals surface area contributed by atoms with Crippen LogP contribution in [0, 0.1) is 12.3 Å². The van der Waals surface area contributed by atoms with Gasteiger partial charge in [-0.15, -0.1) is 6.42 Å². The van der Waals surface area contributed by atoms with Crippen molar-refractivity contribution in [2.45, 2.75) is 18.5 Å². The summed E-state index contributed by atoms with van der Waals surface area (Å²) in [5.41, 5.74) is 0. The molecule has 0 aromatic heterocycles. The van der Waals surface area contributed by atoms with Gasteiger partial charge in [-0.05, 0) is 0 Å². The molecule has 0 rings (SSSR count). The molecule has 0 aromatic carbocycles. The van der Waals surface area contributed by atoms with Crippen LogP contribution in [-0.4, -0.2) is 32.9 Å². The molecular weight excluding hydrogens is 259 g/mol. The summed E-state index contributed by atoms with van der Waals surface area (Å²) in [5.74, 6) is -4.79. The summed E-state index contributed by atoms with van der Waals surface area (Å²) >= 11 is 0. The zero-order valence-electron chi connectivity index (χ0n) is 7.72. The maximum absolute atomic E-state index is 12.3. The van der Waals surface area contributed by atoms with Gasteiger partial charge >= 0.3 is 12.1 Å². The van der Waals surface area contributed by atoms with E-state index in [1.807, 2.05) is 0 Å². The summed E-state index contributed by atoms with van der Waals surface area (Å²) in [6.07, 6.45) is -3.06. The lowest BCUT2D eigenvalue weighted by Crippen LogP contribution is -2.38. The zero-order valence-corrected chi connectivity index (χ0v) is 8.54. The molecule has 0 N–H and O–H groups in total. The highest BCUT2D eigenvalue weighted by Gasteiger charge is 2.57. The summed E-state index contributed by atoms with van der Waals surface area (Å²) in [6.45, 7) is -0.708. The van der Waals surface area contributed by atoms with E-state index in [9.17, 15) is 30.4 Å². The Morgan fingerprint density at radius 2 is 1.69 bits per heavy atom. The molecule has 0 aromatic rings. The predicted octanol–water partition coefficient (Wildman–Crippen LogP) is 1.55. The van der Waals surface area contributed by atoms with Crippen molar-refractivity contribution in [3.05, 3.63) is 0 Å². The number of rotatable bonds is 5. The molecule has 0 saturated carbocycles. The lowest BCUT2D eigenvalue weighted by Gasteiger charge is -2.18. The normalized spacial score (nSPS) is 13.5. The smallest absolute Gasteiger partial charge is 0.257 e. The maximum atomic E-state index is 12.3. The predicted molar refractivity (Wildman–Crippen MR) is 44.2 cm³/mol. The van der Waals surface area contributed by atoms with E-state index in [4.69, 9.17) is 0 Å². The third-order valence-electron chi connectivity index (χ3n) is 1.40. The van der Waals surface area contributed by atoms with Gasteiger partial charge in [0.1, 0.15) is 6.61 Å². The van der Waals surface area contributed by atoms with Crippen molar-refractivity contribution in [3.63, 3.8) is 0 Å². The molecule has 0 radical (unpaired) electrons. The van der Waals surface area contributed by atoms with Crippen molar-refractivity contribution in [1.29, 1.82) is 0 Å². The second-order valence-corrected chi connectivity index (χ2v) is 4.44. The van der Waals surface area contributed by atoms with E-state index >= 15 is 0 Å². The Labute approximate surface area is 88.7 Å². The van der Waals surface area contributed by atoms with E-state index in [1.165, 1.54) is 0 Å². The Hall–Kier alpha value is -0.880. The van der Waals surface area contributed by atoms with Crippen LogP contribution in [0.1, 0.15) is 6.42 Å². The largest absolute Gasteiger partial charge is 0.453 e. The average Bonchev–Trinajstić information content (AvgIpc) is 2.10. The van der Waals surface area contributed by atoms with Gasteiger partial charge in [-0.3, -0.25) is 4.18 Å². The first-order valence-electron chi connectivity index (χ1n) is 3.77. The van der Waals surface area contributed by atoms with Crippen molar-refractivity contribution >= 4 is 10.1 Å². The van der Waals surface area contributed by atoms with Gasteiger partial charge in [0.05, 0.1) is 5.75 Å². The number of hydrogen-bond acceptors (Lipinski definition) is 3. The molecule has 0 atom stereocenters. The van der Waals surface area contributed by atoms with E-state index in [0.29, 0.717) is 0 Å². The molecule has 94 valence electrons. The molecule has 0 aliphatic rings. The SMILES string of the molecule is C#CCOS(=O)(=O)CCC(F)(F)C(F)(F)F. The summed E-state index contributed by atoms with van der Waals surface area (Å²) < 4.78 is 84.9. The first-order valence-corrected chi connectivity index (χ1v) is 5.35. The Balaban J connectivity index is 4.42. The van der Waals surface area contributed by atoms with Crippen molar-refractivity contribution in [1.82, 2.24) is 0 Å². The monoisotopic (exact) mass is 266 g/mol. The molecule has 0 aliphatic heterocycles. The minimum atomic E-state index is -5.78. The number of alkyl halides is 5. The average molecular weight is 266 g/mol. The van der Waals surface area contributed by atoms with Crippen LogP contribution in [0.15, 0.2) is 0 Å². The van der Waals surface area contributed by atoms with Crippen LogP contribution in [0.3, 0.4) is 0 Å². The van der Waals surface area contributed by atoms with E-state index in [0.717, 1.165) is 0 Å². The molecule has 9 heteroatoms. The quantitative estimate of drug-likeness (QED) is 0.431. The fourth-order valence-electron chi connectivity index (χ4n) is 0.578. The maximum Gasteiger partial charge on any atom is 0.453 e. The minimum absolute atomic E-state index is 0.708. The minimum Gasteiger partial charge on any atom is -0.257 e. The van der Waals surface area contributed by atoms with Gasteiger partial charge in [0, 0.05) is 6.42 Å². The van der Waals surface area contributed by atoms with Crippen molar-refractivity contribution < 1.29 is 34.6 Å². The summed E-state index contributed by atoms with van der Waals surface area (Å²) in [6, 6.07) is 0. The molecule has 0 unspecified atom stereocenters.